The molecule has 0 aliphatic heterocycles. The highest BCUT2D eigenvalue weighted by Gasteiger charge is 2.30. The van der Waals surface area contributed by atoms with Crippen molar-refractivity contribution < 1.29 is 18.0 Å². The third-order valence-electron chi connectivity index (χ3n) is 3.86. The van der Waals surface area contributed by atoms with Crippen LogP contribution in [0.5, 0.6) is 0 Å². The molecule has 0 spiro atoms. The van der Waals surface area contributed by atoms with Crippen molar-refractivity contribution in [2.45, 2.75) is 45.3 Å². The van der Waals surface area contributed by atoms with Crippen molar-refractivity contribution in [3.63, 3.8) is 0 Å². The first kappa shape index (κ1) is 18.5. The first-order valence-electron chi connectivity index (χ1n) is 7.33. The summed E-state index contributed by atoms with van der Waals surface area (Å²) >= 11 is 0. The fraction of sp³-hybridized carbons (Fsp3) is 0.562. The van der Waals surface area contributed by atoms with Gasteiger partial charge in [0.15, 0.2) is 0 Å². The number of benzene rings is 1. The molecule has 0 saturated carbocycles. The summed E-state index contributed by atoms with van der Waals surface area (Å²) in [5.74, 6) is -0.497. The molecular formula is C16H23F3N2O. The number of hydrogen-bond donors (Lipinski definition) is 2. The Hall–Kier alpha value is -1.56. The molecule has 3 unspecified atom stereocenters. The van der Waals surface area contributed by atoms with Gasteiger partial charge in [-0.25, -0.2) is 0 Å². The Kier molecular flexibility index (Phi) is 6.41. The molecule has 1 aromatic rings. The Balaban J connectivity index is 2.56. The van der Waals surface area contributed by atoms with Crippen molar-refractivity contribution in [3.05, 3.63) is 35.4 Å². The summed E-state index contributed by atoms with van der Waals surface area (Å²) < 4.78 is 38.1. The lowest BCUT2D eigenvalue weighted by Gasteiger charge is -2.17. The van der Waals surface area contributed by atoms with Crippen LogP contribution in [-0.2, 0) is 11.0 Å². The second-order valence-electron chi connectivity index (χ2n) is 5.75. The zero-order chi connectivity index (χ0) is 16.9. The molecule has 0 aliphatic rings. The summed E-state index contributed by atoms with van der Waals surface area (Å²) in [4.78, 5) is 11.7. The van der Waals surface area contributed by atoms with Crippen LogP contribution < -0.4 is 11.1 Å². The van der Waals surface area contributed by atoms with Crippen molar-refractivity contribution in [1.82, 2.24) is 5.32 Å². The van der Waals surface area contributed by atoms with E-state index < -0.39 is 11.7 Å². The number of nitrogens with two attached hydrogens (primary N) is 1. The fourth-order valence-electron chi connectivity index (χ4n) is 2.00. The molecule has 6 heteroatoms. The van der Waals surface area contributed by atoms with Gasteiger partial charge in [-0.2, -0.15) is 13.2 Å². The predicted octanol–water partition coefficient (Wildman–Crippen LogP) is 3.30. The Morgan fingerprint density at radius 3 is 2.45 bits per heavy atom. The van der Waals surface area contributed by atoms with E-state index in [9.17, 15) is 18.0 Å². The highest BCUT2D eigenvalue weighted by Crippen LogP contribution is 2.31. The summed E-state index contributed by atoms with van der Waals surface area (Å²) in [6, 6.07) is 5.07. The molecular weight excluding hydrogens is 293 g/mol. The van der Waals surface area contributed by atoms with Crippen LogP contribution in [0.1, 0.15) is 44.2 Å². The molecule has 0 fully saturated rings. The molecule has 1 amide bonds. The summed E-state index contributed by atoms with van der Waals surface area (Å²) in [5.41, 5.74) is 5.62. The van der Waals surface area contributed by atoms with E-state index in [1.807, 2.05) is 6.92 Å². The smallest absolute Gasteiger partial charge is 0.356 e. The lowest BCUT2D eigenvalue weighted by atomic mass is 9.95. The van der Waals surface area contributed by atoms with Gasteiger partial charge in [0.05, 0.1) is 5.56 Å². The molecule has 0 radical (unpaired) electrons. The molecule has 0 heterocycles. The molecule has 1 rings (SSSR count). The van der Waals surface area contributed by atoms with E-state index in [-0.39, 0.29) is 23.8 Å². The zero-order valence-corrected chi connectivity index (χ0v) is 13.1. The Morgan fingerprint density at radius 1 is 1.27 bits per heavy atom. The zero-order valence-electron chi connectivity index (χ0n) is 13.1. The molecule has 3 nitrogen and oxygen atoms in total. The molecule has 124 valence electrons. The SMILES string of the molecule is CC(CCNC(=O)C(C)C(C)N)c1cccc(C(F)(F)F)c1. The van der Waals surface area contributed by atoms with E-state index in [2.05, 4.69) is 5.32 Å². The number of carbonyl (C=O) groups is 1. The minimum absolute atomic E-state index is 0.0757. The van der Waals surface area contributed by atoms with E-state index in [0.29, 0.717) is 18.5 Å². The van der Waals surface area contributed by atoms with Gasteiger partial charge in [0.25, 0.3) is 0 Å². The van der Waals surface area contributed by atoms with E-state index in [1.165, 1.54) is 6.07 Å². The van der Waals surface area contributed by atoms with Crippen molar-refractivity contribution >= 4 is 5.91 Å². The number of amides is 1. The van der Waals surface area contributed by atoms with Gasteiger partial charge in [-0.15, -0.1) is 0 Å². The van der Waals surface area contributed by atoms with Crippen molar-refractivity contribution in [2.24, 2.45) is 11.7 Å². The third-order valence-corrected chi connectivity index (χ3v) is 3.86. The topological polar surface area (TPSA) is 55.1 Å². The molecule has 0 aromatic heterocycles. The number of nitrogens with one attached hydrogen (secondary N) is 1. The quantitative estimate of drug-likeness (QED) is 0.846. The number of carbonyl (C=O) groups excluding carboxylic acids is 1. The molecule has 0 bridgehead atoms. The molecule has 0 saturated heterocycles. The van der Waals surface area contributed by atoms with Crippen LogP contribution in [0.2, 0.25) is 0 Å². The van der Waals surface area contributed by atoms with Crippen molar-refractivity contribution in [2.75, 3.05) is 6.54 Å². The van der Waals surface area contributed by atoms with Crippen LogP contribution in [0.15, 0.2) is 24.3 Å². The van der Waals surface area contributed by atoms with Crippen LogP contribution in [0.3, 0.4) is 0 Å². The average Bonchev–Trinajstić information content (AvgIpc) is 2.45. The number of rotatable bonds is 6. The first-order valence-corrected chi connectivity index (χ1v) is 7.33. The van der Waals surface area contributed by atoms with Gasteiger partial charge in [-0.05, 0) is 30.9 Å². The van der Waals surface area contributed by atoms with Gasteiger partial charge in [-0.3, -0.25) is 4.79 Å². The predicted molar refractivity (Wildman–Crippen MR) is 80.3 cm³/mol. The highest BCUT2D eigenvalue weighted by atomic mass is 19.4. The van der Waals surface area contributed by atoms with Crippen LogP contribution in [0.25, 0.3) is 0 Å². The first-order chi connectivity index (χ1) is 10.1. The van der Waals surface area contributed by atoms with Gasteiger partial charge in [-0.1, -0.05) is 32.0 Å². The van der Waals surface area contributed by atoms with Gasteiger partial charge in [0, 0.05) is 18.5 Å². The maximum Gasteiger partial charge on any atom is 0.416 e. The van der Waals surface area contributed by atoms with Crippen LogP contribution in [-0.4, -0.2) is 18.5 Å². The van der Waals surface area contributed by atoms with E-state index in [4.69, 9.17) is 5.73 Å². The minimum atomic E-state index is -4.34. The van der Waals surface area contributed by atoms with Crippen LogP contribution in [0.4, 0.5) is 13.2 Å². The minimum Gasteiger partial charge on any atom is -0.356 e. The summed E-state index contributed by atoms with van der Waals surface area (Å²) in [6.45, 7) is 5.76. The molecule has 3 atom stereocenters. The Morgan fingerprint density at radius 2 is 1.91 bits per heavy atom. The van der Waals surface area contributed by atoms with Crippen molar-refractivity contribution in [3.8, 4) is 0 Å². The van der Waals surface area contributed by atoms with E-state index >= 15 is 0 Å². The molecule has 1 aromatic carbocycles. The lowest BCUT2D eigenvalue weighted by Crippen LogP contribution is -2.39. The fourth-order valence-corrected chi connectivity index (χ4v) is 2.00. The van der Waals surface area contributed by atoms with Gasteiger partial charge in [0.2, 0.25) is 5.91 Å². The van der Waals surface area contributed by atoms with Crippen LogP contribution >= 0.6 is 0 Å². The van der Waals surface area contributed by atoms with Gasteiger partial charge in [0.1, 0.15) is 0 Å². The van der Waals surface area contributed by atoms with Gasteiger partial charge < -0.3 is 11.1 Å². The standard InChI is InChI=1S/C16H23F3N2O/c1-10(7-8-21-15(22)11(2)12(3)20)13-5-4-6-14(9-13)16(17,18)19/h4-6,9-12H,7-8,20H2,1-3H3,(H,21,22). The molecule has 3 N–H and O–H groups in total. The maximum absolute atomic E-state index is 12.7. The third kappa shape index (κ3) is 5.33. The molecule has 0 aliphatic carbocycles. The normalized spacial score (nSPS) is 16.0. The Labute approximate surface area is 129 Å². The largest absolute Gasteiger partial charge is 0.416 e. The maximum atomic E-state index is 12.7. The number of alkyl halides is 3. The summed E-state index contributed by atoms with van der Waals surface area (Å²) in [7, 11) is 0. The van der Waals surface area contributed by atoms with Crippen molar-refractivity contribution in [1.29, 1.82) is 0 Å². The second-order valence-corrected chi connectivity index (χ2v) is 5.75. The summed E-state index contributed by atoms with van der Waals surface area (Å²) in [5, 5.41) is 2.77. The number of halogens is 3. The summed E-state index contributed by atoms with van der Waals surface area (Å²) in [6.07, 6.45) is -3.77. The van der Waals surface area contributed by atoms with Gasteiger partial charge >= 0.3 is 6.18 Å². The molecule has 22 heavy (non-hydrogen) atoms. The Bertz CT molecular complexity index is 500. The monoisotopic (exact) mass is 316 g/mol. The van der Waals surface area contributed by atoms with E-state index in [1.54, 1.807) is 19.9 Å². The lowest BCUT2D eigenvalue weighted by molar-refractivity contribution is -0.137. The number of hydrogen-bond acceptors (Lipinski definition) is 2. The second kappa shape index (κ2) is 7.63. The van der Waals surface area contributed by atoms with E-state index in [0.717, 1.165) is 12.1 Å². The highest BCUT2D eigenvalue weighted by molar-refractivity contribution is 5.78. The average molecular weight is 316 g/mol. The van der Waals surface area contributed by atoms with Crippen LogP contribution in [0, 0.1) is 5.92 Å².